The average Bonchev–Trinajstić information content (AvgIpc) is 2.44. The van der Waals surface area contributed by atoms with Crippen molar-refractivity contribution in [2.24, 2.45) is 5.73 Å². The molecule has 4 heteroatoms. The molecule has 0 aliphatic heterocycles. The van der Waals surface area contributed by atoms with E-state index in [-0.39, 0.29) is 11.8 Å². The third-order valence-electron chi connectivity index (χ3n) is 3.00. The van der Waals surface area contributed by atoms with Crippen LogP contribution in [0.1, 0.15) is 22.9 Å². The summed E-state index contributed by atoms with van der Waals surface area (Å²) in [6.07, 6.45) is 0. The molecule has 2 aromatic rings. The topological polar surface area (TPSA) is 56.0 Å². The molecule has 0 aliphatic rings. The molecule has 1 amide bonds. The lowest BCUT2D eigenvalue weighted by Crippen LogP contribution is -2.15. The van der Waals surface area contributed by atoms with Gasteiger partial charge in [0.05, 0.1) is 5.75 Å². The Bertz CT molecular complexity index is 572. The molecule has 2 rings (SSSR count). The van der Waals surface area contributed by atoms with Crippen LogP contribution in [0.4, 0.5) is 0 Å². The Kier molecular flexibility index (Phi) is 5.18. The summed E-state index contributed by atoms with van der Waals surface area (Å²) in [7, 11) is 0. The Balaban J connectivity index is 2.22. The van der Waals surface area contributed by atoms with E-state index in [1.54, 1.807) is 11.8 Å². The van der Waals surface area contributed by atoms with Crippen molar-refractivity contribution in [1.82, 2.24) is 4.98 Å². The second kappa shape index (κ2) is 7.10. The molecule has 0 radical (unpaired) electrons. The Hall–Kier alpha value is -1.81. The number of rotatable bonds is 6. The van der Waals surface area contributed by atoms with Gasteiger partial charge in [-0.05, 0) is 24.6 Å². The maximum absolute atomic E-state index is 10.9. The number of carbonyl (C=O) groups is 1. The van der Waals surface area contributed by atoms with Crippen LogP contribution in [0.15, 0.2) is 48.5 Å². The van der Waals surface area contributed by atoms with E-state index >= 15 is 0 Å². The molecule has 1 heterocycles. The van der Waals surface area contributed by atoms with Gasteiger partial charge in [0.25, 0.3) is 0 Å². The van der Waals surface area contributed by atoms with E-state index in [0.29, 0.717) is 5.75 Å². The fraction of sp³-hybridized carbons (Fsp3) is 0.250. The maximum Gasteiger partial charge on any atom is 0.227 e. The molecule has 0 saturated heterocycles. The van der Waals surface area contributed by atoms with Crippen molar-refractivity contribution in [2.75, 3.05) is 11.5 Å². The van der Waals surface area contributed by atoms with Crippen molar-refractivity contribution >= 4 is 17.7 Å². The highest BCUT2D eigenvalue weighted by Gasteiger charge is 2.16. The second-order valence-corrected chi connectivity index (χ2v) is 5.68. The Morgan fingerprint density at radius 2 is 1.95 bits per heavy atom. The average molecular weight is 286 g/mol. The minimum absolute atomic E-state index is 0.181. The van der Waals surface area contributed by atoms with Gasteiger partial charge in [-0.2, -0.15) is 11.8 Å². The quantitative estimate of drug-likeness (QED) is 0.888. The van der Waals surface area contributed by atoms with Crippen LogP contribution in [-0.2, 0) is 4.79 Å². The molecule has 0 spiro atoms. The van der Waals surface area contributed by atoms with E-state index in [1.165, 1.54) is 5.56 Å². The summed E-state index contributed by atoms with van der Waals surface area (Å²) in [5.74, 6) is 1.04. The van der Waals surface area contributed by atoms with E-state index in [2.05, 4.69) is 17.1 Å². The van der Waals surface area contributed by atoms with E-state index in [1.807, 2.05) is 43.3 Å². The van der Waals surface area contributed by atoms with E-state index < -0.39 is 0 Å². The number of pyridine rings is 1. The highest BCUT2D eigenvalue weighted by atomic mass is 32.2. The number of aryl methyl sites for hydroxylation is 1. The van der Waals surface area contributed by atoms with Crippen molar-refractivity contribution in [3.05, 3.63) is 65.5 Å². The van der Waals surface area contributed by atoms with Crippen LogP contribution in [0.5, 0.6) is 0 Å². The summed E-state index contributed by atoms with van der Waals surface area (Å²) in [6, 6.07) is 16.3. The molecule has 0 bridgehead atoms. The molecule has 104 valence electrons. The summed E-state index contributed by atoms with van der Waals surface area (Å²) < 4.78 is 0. The fourth-order valence-corrected chi connectivity index (χ4v) is 2.99. The monoisotopic (exact) mass is 286 g/mol. The lowest BCUT2D eigenvalue weighted by Gasteiger charge is -2.17. The molecule has 1 aromatic heterocycles. The molecule has 20 heavy (non-hydrogen) atoms. The van der Waals surface area contributed by atoms with Gasteiger partial charge in [0.15, 0.2) is 0 Å². The number of thioether (sulfide) groups is 1. The summed E-state index contributed by atoms with van der Waals surface area (Å²) in [4.78, 5) is 15.5. The van der Waals surface area contributed by atoms with Crippen LogP contribution in [0.2, 0.25) is 0 Å². The van der Waals surface area contributed by atoms with Gasteiger partial charge in [0.1, 0.15) is 0 Å². The van der Waals surface area contributed by atoms with Gasteiger partial charge in [0.2, 0.25) is 5.91 Å². The first kappa shape index (κ1) is 14.6. The van der Waals surface area contributed by atoms with Crippen molar-refractivity contribution < 1.29 is 4.79 Å². The van der Waals surface area contributed by atoms with Crippen LogP contribution >= 0.6 is 11.8 Å². The normalized spacial score (nSPS) is 12.1. The van der Waals surface area contributed by atoms with Crippen molar-refractivity contribution in [3.8, 4) is 0 Å². The van der Waals surface area contributed by atoms with Gasteiger partial charge >= 0.3 is 0 Å². The predicted molar refractivity (Wildman–Crippen MR) is 83.8 cm³/mol. The minimum Gasteiger partial charge on any atom is -0.369 e. The van der Waals surface area contributed by atoms with Crippen LogP contribution in [0, 0.1) is 6.92 Å². The van der Waals surface area contributed by atoms with Crippen LogP contribution in [0.3, 0.4) is 0 Å². The maximum atomic E-state index is 10.9. The predicted octanol–water partition coefficient (Wildman–Crippen LogP) is 2.74. The smallest absolute Gasteiger partial charge is 0.227 e. The highest BCUT2D eigenvalue weighted by molar-refractivity contribution is 7.99. The third kappa shape index (κ3) is 4.10. The van der Waals surface area contributed by atoms with E-state index in [9.17, 15) is 4.79 Å². The summed E-state index contributed by atoms with van der Waals surface area (Å²) in [5, 5.41) is 0. The molecular weight excluding hydrogens is 268 g/mol. The highest BCUT2D eigenvalue weighted by Crippen LogP contribution is 2.27. The van der Waals surface area contributed by atoms with Gasteiger partial charge in [-0.1, -0.05) is 36.4 Å². The van der Waals surface area contributed by atoms with E-state index in [4.69, 9.17) is 5.73 Å². The number of carbonyl (C=O) groups excluding carboxylic acids is 1. The molecule has 2 N–H and O–H groups in total. The zero-order chi connectivity index (χ0) is 14.4. The van der Waals surface area contributed by atoms with Gasteiger partial charge in [-0.3, -0.25) is 9.78 Å². The number of primary amides is 1. The molecular formula is C16H18N2OS. The molecule has 0 saturated carbocycles. The van der Waals surface area contributed by atoms with Gasteiger partial charge in [-0.25, -0.2) is 0 Å². The first-order valence-electron chi connectivity index (χ1n) is 6.51. The first-order chi connectivity index (χ1) is 9.66. The zero-order valence-electron chi connectivity index (χ0n) is 11.5. The third-order valence-corrected chi connectivity index (χ3v) is 4.06. The Labute approximate surface area is 123 Å². The molecule has 0 aliphatic carbocycles. The van der Waals surface area contributed by atoms with Crippen molar-refractivity contribution in [2.45, 2.75) is 12.8 Å². The largest absolute Gasteiger partial charge is 0.369 e. The molecule has 3 nitrogen and oxygen atoms in total. The van der Waals surface area contributed by atoms with Crippen molar-refractivity contribution in [3.63, 3.8) is 0 Å². The molecule has 1 unspecified atom stereocenters. The second-order valence-electron chi connectivity index (χ2n) is 4.65. The molecule has 0 fully saturated rings. The van der Waals surface area contributed by atoms with Crippen LogP contribution < -0.4 is 5.73 Å². The van der Waals surface area contributed by atoms with Crippen LogP contribution in [-0.4, -0.2) is 22.4 Å². The standard InChI is InChI=1S/C16H18N2OS/c1-12-6-5-9-15(18-12)14(10-20-11-16(17)19)13-7-3-2-4-8-13/h2-9,14H,10-11H2,1H3,(H2,17,19). The van der Waals surface area contributed by atoms with Crippen molar-refractivity contribution in [1.29, 1.82) is 0 Å². The summed E-state index contributed by atoms with van der Waals surface area (Å²) in [5.41, 5.74) is 8.45. The van der Waals surface area contributed by atoms with Gasteiger partial charge in [0, 0.05) is 23.1 Å². The first-order valence-corrected chi connectivity index (χ1v) is 7.67. The Morgan fingerprint density at radius 3 is 2.60 bits per heavy atom. The zero-order valence-corrected chi connectivity index (χ0v) is 12.3. The molecule has 1 atom stereocenters. The lowest BCUT2D eigenvalue weighted by molar-refractivity contribution is -0.115. The minimum atomic E-state index is -0.279. The number of amides is 1. The number of hydrogen-bond acceptors (Lipinski definition) is 3. The summed E-state index contributed by atoms with van der Waals surface area (Å²) >= 11 is 1.55. The SMILES string of the molecule is Cc1cccc(C(CSCC(N)=O)c2ccccc2)n1. The fourth-order valence-electron chi connectivity index (χ4n) is 2.07. The lowest BCUT2D eigenvalue weighted by atomic mass is 9.97. The van der Waals surface area contributed by atoms with E-state index in [0.717, 1.165) is 17.1 Å². The summed E-state index contributed by atoms with van der Waals surface area (Å²) in [6.45, 7) is 1.99. The number of hydrogen-bond donors (Lipinski definition) is 1. The number of nitrogens with two attached hydrogens (primary N) is 1. The Morgan fingerprint density at radius 1 is 1.20 bits per heavy atom. The van der Waals surface area contributed by atoms with Gasteiger partial charge < -0.3 is 5.73 Å². The van der Waals surface area contributed by atoms with Crippen LogP contribution in [0.25, 0.3) is 0 Å². The van der Waals surface area contributed by atoms with Gasteiger partial charge in [-0.15, -0.1) is 0 Å². The number of nitrogens with zero attached hydrogens (tertiary/aromatic N) is 1. The molecule has 1 aromatic carbocycles. The number of aromatic nitrogens is 1. The number of benzene rings is 1.